The molecule has 2 aromatic rings. The van der Waals surface area contributed by atoms with Crippen molar-refractivity contribution in [1.29, 1.82) is 0 Å². The summed E-state index contributed by atoms with van der Waals surface area (Å²) in [5, 5.41) is 7.77. The number of para-hydroxylation sites is 2. The first-order chi connectivity index (χ1) is 13.9. The van der Waals surface area contributed by atoms with Gasteiger partial charge in [-0.1, -0.05) is 12.1 Å². The van der Waals surface area contributed by atoms with E-state index in [1.165, 1.54) is 6.42 Å². The molecule has 6 nitrogen and oxygen atoms in total. The Balaban J connectivity index is 1.50. The van der Waals surface area contributed by atoms with Crippen LogP contribution in [0.1, 0.15) is 75.0 Å². The van der Waals surface area contributed by atoms with Crippen molar-refractivity contribution >= 4 is 11.6 Å². The maximum absolute atomic E-state index is 13.1. The normalized spacial score (nSPS) is 19.8. The second-order valence-corrected chi connectivity index (χ2v) is 9.06. The van der Waals surface area contributed by atoms with Crippen LogP contribution in [0.4, 0.5) is 5.69 Å². The molecule has 1 unspecified atom stereocenters. The second kappa shape index (κ2) is 8.19. The quantitative estimate of drug-likeness (QED) is 0.766. The molecule has 0 radical (unpaired) electrons. The highest BCUT2D eigenvalue weighted by molar-refractivity contribution is 6.04. The summed E-state index contributed by atoms with van der Waals surface area (Å²) in [4.78, 5) is 13.1. The van der Waals surface area contributed by atoms with Crippen LogP contribution in [-0.2, 0) is 10.3 Å². The second-order valence-electron chi connectivity index (χ2n) is 9.06. The summed E-state index contributed by atoms with van der Waals surface area (Å²) < 4.78 is 13.6. The van der Waals surface area contributed by atoms with E-state index in [9.17, 15) is 4.79 Å². The predicted molar refractivity (Wildman–Crippen MR) is 113 cm³/mol. The summed E-state index contributed by atoms with van der Waals surface area (Å²) in [5.74, 6) is 1.000. The minimum atomic E-state index is -0.270. The van der Waals surface area contributed by atoms with E-state index in [0.717, 1.165) is 38.0 Å². The lowest BCUT2D eigenvalue weighted by molar-refractivity contribution is -0.0109. The first kappa shape index (κ1) is 20.0. The summed E-state index contributed by atoms with van der Waals surface area (Å²) in [7, 11) is 0. The van der Waals surface area contributed by atoms with Crippen molar-refractivity contribution in [2.24, 2.45) is 0 Å². The average molecular weight is 398 g/mol. The molecule has 0 spiro atoms. The van der Waals surface area contributed by atoms with Gasteiger partial charge in [0.1, 0.15) is 18.1 Å². The van der Waals surface area contributed by atoms with Crippen LogP contribution >= 0.6 is 0 Å². The molecule has 1 saturated heterocycles. The van der Waals surface area contributed by atoms with E-state index in [2.05, 4.69) is 26.1 Å². The molecule has 1 aromatic carbocycles. The number of hydrogen-bond acceptors (Lipinski definition) is 4. The zero-order chi connectivity index (χ0) is 20.4. The van der Waals surface area contributed by atoms with E-state index >= 15 is 0 Å². The van der Waals surface area contributed by atoms with Crippen LogP contribution in [0.15, 0.2) is 30.3 Å². The number of amides is 1. The highest BCUT2D eigenvalue weighted by Crippen LogP contribution is 2.40. The van der Waals surface area contributed by atoms with Crippen molar-refractivity contribution in [1.82, 2.24) is 9.78 Å². The fourth-order valence-corrected chi connectivity index (χ4v) is 3.65. The Morgan fingerprint density at radius 3 is 2.72 bits per heavy atom. The third kappa shape index (κ3) is 4.81. The molecular weight excluding hydrogens is 366 g/mol. The Labute approximate surface area is 172 Å². The molecule has 1 amide bonds. The maximum Gasteiger partial charge on any atom is 0.274 e. The molecule has 156 valence electrons. The zero-order valence-electron chi connectivity index (χ0n) is 17.6. The first-order valence-electron chi connectivity index (χ1n) is 10.7. The number of ether oxygens (including phenoxy) is 2. The van der Waals surface area contributed by atoms with Crippen molar-refractivity contribution < 1.29 is 14.3 Å². The lowest BCUT2D eigenvalue weighted by Gasteiger charge is -2.24. The highest BCUT2D eigenvalue weighted by atomic mass is 16.5. The number of benzene rings is 1. The molecule has 2 aliphatic rings. The number of carbonyl (C=O) groups excluding carboxylic acids is 1. The van der Waals surface area contributed by atoms with Crippen molar-refractivity contribution in [2.45, 2.75) is 70.4 Å². The van der Waals surface area contributed by atoms with Gasteiger partial charge in [-0.15, -0.1) is 0 Å². The van der Waals surface area contributed by atoms with Gasteiger partial charge in [0.15, 0.2) is 0 Å². The van der Waals surface area contributed by atoms with Crippen molar-refractivity contribution in [3.63, 3.8) is 0 Å². The van der Waals surface area contributed by atoms with E-state index in [4.69, 9.17) is 14.6 Å². The minimum absolute atomic E-state index is 0.121. The summed E-state index contributed by atoms with van der Waals surface area (Å²) in [6.45, 7) is 7.49. The number of carbonyl (C=O) groups is 1. The van der Waals surface area contributed by atoms with Crippen molar-refractivity contribution in [3.8, 4) is 5.75 Å². The third-order valence-electron chi connectivity index (χ3n) is 5.43. The van der Waals surface area contributed by atoms with Crippen molar-refractivity contribution in [3.05, 3.63) is 41.7 Å². The van der Waals surface area contributed by atoms with E-state index in [1.807, 2.05) is 35.0 Å². The highest BCUT2D eigenvalue weighted by Gasteiger charge is 2.31. The van der Waals surface area contributed by atoms with E-state index in [0.29, 0.717) is 29.7 Å². The molecule has 1 atom stereocenters. The van der Waals surface area contributed by atoms with Crippen LogP contribution in [0.5, 0.6) is 5.75 Å². The summed E-state index contributed by atoms with van der Waals surface area (Å²) in [6.07, 6.45) is 5.74. The largest absolute Gasteiger partial charge is 0.489 e. The molecule has 1 saturated carbocycles. The molecule has 1 aliphatic carbocycles. The van der Waals surface area contributed by atoms with Gasteiger partial charge in [0.05, 0.1) is 23.0 Å². The van der Waals surface area contributed by atoms with Crippen LogP contribution < -0.4 is 10.1 Å². The lowest BCUT2D eigenvalue weighted by Crippen LogP contribution is -2.29. The predicted octanol–water partition coefficient (Wildman–Crippen LogP) is 4.72. The number of aromatic nitrogens is 2. The fraction of sp³-hybridized carbons (Fsp3) is 0.565. The number of nitrogens with one attached hydrogen (secondary N) is 1. The number of hydrogen-bond donors (Lipinski definition) is 1. The molecule has 1 N–H and O–H groups in total. The maximum atomic E-state index is 13.1. The van der Waals surface area contributed by atoms with Gasteiger partial charge < -0.3 is 14.8 Å². The van der Waals surface area contributed by atoms with Crippen LogP contribution in [-0.4, -0.2) is 35.0 Å². The monoisotopic (exact) mass is 397 g/mol. The molecule has 6 heteroatoms. The Morgan fingerprint density at radius 2 is 2.03 bits per heavy atom. The fourth-order valence-electron chi connectivity index (χ4n) is 3.65. The van der Waals surface area contributed by atoms with Crippen LogP contribution in [0.2, 0.25) is 0 Å². The Hall–Kier alpha value is -2.34. The van der Waals surface area contributed by atoms with Gasteiger partial charge in [-0.05, 0) is 71.1 Å². The summed E-state index contributed by atoms with van der Waals surface area (Å²) >= 11 is 0. The van der Waals surface area contributed by atoms with Gasteiger partial charge in [0, 0.05) is 12.5 Å². The molecular formula is C23H31N3O3. The Morgan fingerprint density at radius 1 is 1.24 bits per heavy atom. The third-order valence-corrected chi connectivity index (χ3v) is 5.43. The molecule has 1 aromatic heterocycles. The molecule has 2 heterocycles. The topological polar surface area (TPSA) is 65.4 Å². The molecule has 2 fully saturated rings. The lowest BCUT2D eigenvalue weighted by atomic mass is 10.1. The standard InChI is InChI=1S/C23H31N3O3/c1-23(2,3)26-20(14-19(25-26)16-11-12-16)22(27)24-18-9-4-5-10-21(18)29-15-17-8-6-7-13-28-17/h4-5,9-10,14,16-17H,6-8,11-13,15H2,1-3H3,(H,24,27). The molecule has 4 rings (SSSR count). The van der Waals surface area contributed by atoms with Gasteiger partial charge in [0.2, 0.25) is 0 Å². The van der Waals surface area contributed by atoms with Gasteiger partial charge in [-0.2, -0.15) is 5.10 Å². The summed E-state index contributed by atoms with van der Waals surface area (Å²) in [5.41, 5.74) is 2.01. The first-order valence-corrected chi connectivity index (χ1v) is 10.7. The van der Waals surface area contributed by atoms with Crippen molar-refractivity contribution in [2.75, 3.05) is 18.5 Å². The number of nitrogens with zero attached hydrogens (tertiary/aromatic N) is 2. The average Bonchev–Trinajstić information content (AvgIpc) is 3.45. The van der Waals surface area contributed by atoms with Gasteiger partial charge in [-0.3, -0.25) is 9.48 Å². The molecule has 1 aliphatic heterocycles. The van der Waals surface area contributed by atoms with Crippen LogP contribution in [0, 0.1) is 0 Å². The van der Waals surface area contributed by atoms with Gasteiger partial charge >= 0.3 is 0 Å². The minimum Gasteiger partial charge on any atom is -0.489 e. The van der Waals surface area contributed by atoms with E-state index in [-0.39, 0.29) is 17.6 Å². The van der Waals surface area contributed by atoms with Gasteiger partial charge in [-0.25, -0.2) is 0 Å². The SMILES string of the molecule is CC(C)(C)n1nc(C2CC2)cc1C(=O)Nc1ccccc1OCC1CCCCO1. The van der Waals surface area contributed by atoms with E-state index in [1.54, 1.807) is 0 Å². The Kier molecular flexibility index (Phi) is 5.63. The zero-order valence-corrected chi connectivity index (χ0v) is 17.6. The Bertz CT molecular complexity index is 858. The van der Waals surface area contributed by atoms with Crippen LogP contribution in [0.3, 0.4) is 0 Å². The van der Waals surface area contributed by atoms with Crippen LogP contribution in [0.25, 0.3) is 0 Å². The number of anilines is 1. The van der Waals surface area contributed by atoms with E-state index < -0.39 is 0 Å². The van der Waals surface area contributed by atoms with Gasteiger partial charge in [0.25, 0.3) is 5.91 Å². The molecule has 29 heavy (non-hydrogen) atoms. The smallest absolute Gasteiger partial charge is 0.274 e. The molecule has 0 bridgehead atoms. The summed E-state index contributed by atoms with van der Waals surface area (Å²) in [6, 6.07) is 9.51. The number of rotatable bonds is 6.